The monoisotopic (exact) mass is 429 g/mol. The highest BCUT2D eigenvalue weighted by Gasteiger charge is 2.41. The van der Waals surface area contributed by atoms with Crippen molar-refractivity contribution >= 4 is 18.7 Å². The summed E-state index contributed by atoms with van der Waals surface area (Å²) in [6, 6.07) is 5.96. The fourth-order valence-corrected chi connectivity index (χ4v) is 3.70. The van der Waals surface area contributed by atoms with Crippen molar-refractivity contribution in [3.05, 3.63) is 47.2 Å². The number of piperidine rings is 1. The van der Waals surface area contributed by atoms with Gasteiger partial charge in [0.2, 0.25) is 0 Å². The van der Waals surface area contributed by atoms with Gasteiger partial charge in [-0.25, -0.2) is 18.8 Å². The van der Waals surface area contributed by atoms with Gasteiger partial charge >= 0.3 is 0 Å². The highest BCUT2D eigenvalue weighted by molar-refractivity contribution is 5.87. The molecule has 0 saturated carbocycles. The van der Waals surface area contributed by atoms with Crippen LogP contribution in [-0.2, 0) is 11.8 Å². The van der Waals surface area contributed by atoms with Gasteiger partial charge in [0.05, 0.1) is 11.9 Å². The molecule has 1 saturated heterocycles. The largest absolute Gasteiger partial charge is 0.331 e. The second-order valence-corrected chi connectivity index (χ2v) is 7.96. The smallest absolute Gasteiger partial charge is 0.263 e. The van der Waals surface area contributed by atoms with Crippen molar-refractivity contribution in [2.24, 2.45) is 12.0 Å². The number of nitrogens with zero attached hydrogens (tertiary/aromatic N) is 4. The third-order valence-electron chi connectivity index (χ3n) is 5.96. The van der Waals surface area contributed by atoms with E-state index in [2.05, 4.69) is 22.0 Å². The molecule has 1 amide bonds. The number of aliphatic imine (C=N–C) groups is 1. The molecule has 3 rings (SSSR count). The Morgan fingerprint density at radius 2 is 2.06 bits per heavy atom. The first-order valence-electron chi connectivity index (χ1n) is 10.3. The van der Waals surface area contributed by atoms with E-state index in [4.69, 9.17) is 0 Å². The number of hydrogen-bond acceptors (Lipinski definition) is 4. The topological polar surface area (TPSA) is 62.5 Å². The Morgan fingerprint density at radius 3 is 2.65 bits per heavy atom. The Labute approximate surface area is 181 Å². The minimum Gasteiger partial charge on any atom is -0.331 e. The summed E-state index contributed by atoms with van der Waals surface area (Å²) >= 11 is 0. The van der Waals surface area contributed by atoms with Crippen molar-refractivity contribution in [1.82, 2.24) is 19.8 Å². The van der Waals surface area contributed by atoms with Gasteiger partial charge in [0.1, 0.15) is 18.3 Å². The van der Waals surface area contributed by atoms with Crippen molar-refractivity contribution in [2.75, 3.05) is 26.3 Å². The molecular weight excluding hydrogens is 400 g/mol. The van der Waals surface area contributed by atoms with Crippen LogP contribution in [0.5, 0.6) is 0 Å². The van der Waals surface area contributed by atoms with Crippen LogP contribution < -0.4 is 5.32 Å². The molecule has 1 aromatic carbocycles. The lowest BCUT2D eigenvalue weighted by molar-refractivity contribution is -0.135. The van der Waals surface area contributed by atoms with Crippen LogP contribution in [0, 0.1) is 13.8 Å². The Morgan fingerprint density at radius 1 is 1.35 bits per heavy atom. The molecular formula is C23H29F2N5O. The first kappa shape index (κ1) is 22.8. The van der Waals surface area contributed by atoms with Gasteiger partial charge in [-0.1, -0.05) is 12.1 Å². The van der Waals surface area contributed by atoms with E-state index >= 15 is 4.39 Å². The minimum atomic E-state index is -2.00. The van der Waals surface area contributed by atoms with Gasteiger partial charge in [-0.2, -0.15) is 0 Å². The Balaban J connectivity index is 1.79. The maximum absolute atomic E-state index is 15.2. The average Bonchev–Trinajstić information content (AvgIpc) is 3.09. The Kier molecular flexibility index (Phi) is 7.00. The predicted octanol–water partition coefficient (Wildman–Crippen LogP) is 3.59. The summed E-state index contributed by atoms with van der Waals surface area (Å²) in [6.07, 6.45) is 3.55. The van der Waals surface area contributed by atoms with Gasteiger partial charge in [-0.15, -0.1) is 0 Å². The molecule has 8 heteroatoms. The van der Waals surface area contributed by atoms with Gasteiger partial charge in [0.25, 0.3) is 5.91 Å². The van der Waals surface area contributed by atoms with E-state index in [0.29, 0.717) is 13.1 Å². The Hall–Kier alpha value is -2.87. The number of likely N-dealkylation sites (tertiary alicyclic amines) is 1. The molecule has 166 valence electrons. The van der Waals surface area contributed by atoms with Crippen LogP contribution in [0.25, 0.3) is 17.3 Å². The molecule has 6 nitrogen and oxygen atoms in total. The molecule has 0 unspecified atom stereocenters. The van der Waals surface area contributed by atoms with Crippen molar-refractivity contribution in [2.45, 2.75) is 32.4 Å². The van der Waals surface area contributed by atoms with Gasteiger partial charge in [-0.3, -0.25) is 4.79 Å². The van der Waals surface area contributed by atoms with Crippen molar-refractivity contribution in [1.29, 1.82) is 0 Å². The van der Waals surface area contributed by atoms with E-state index in [-0.39, 0.29) is 25.2 Å². The molecule has 1 aromatic heterocycles. The van der Waals surface area contributed by atoms with Gasteiger partial charge in [0.15, 0.2) is 5.67 Å². The average molecular weight is 430 g/mol. The maximum atomic E-state index is 15.2. The third kappa shape index (κ3) is 5.07. The molecule has 1 N–H and O–H groups in total. The van der Waals surface area contributed by atoms with E-state index < -0.39 is 18.3 Å². The van der Waals surface area contributed by atoms with Crippen LogP contribution >= 0.6 is 0 Å². The number of amides is 1. The fraction of sp³-hybridized carbons (Fsp3) is 0.435. The predicted molar refractivity (Wildman–Crippen MR) is 119 cm³/mol. The number of carbonyl (C=O) groups is 1. The summed E-state index contributed by atoms with van der Waals surface area (Å²) in [7, 11) is 1.95. The van der Waals surface area contributed by atoms with E-state index in [1.54, 1.807) is 6.08 Å². The lowest BCUT2D eigenvalue weighted by Gasteiger charge is -2.34. The number of aryl methyl sites for hydroxylation is 2. The minimum absolute atomic E-state index is 0.0254. The van der Waals surface area contributed by atoms with E-state index in [1.807, 2.05) is 54.8 Å². The van der Waals surface area contributed by atoms with E-state index in [1.165, 1.54) is 0 Å². The van der Waals surface area contributed by atoms with Crippen molar-refractivity contribution in [3.63, 3.8) is 0 Å². The molecule has 1 aliphatic rings. The summed E-state index contributed by atoms with van der Waals surface area (Å²) in [4.78, 5) is 22.7. The molecule has 31 heavy (non-hydrogen) atoms. The Bertz CT molecular complexity index is 990. The van der Waals surface area contributed by atoms with Crippen molar-refractivity contribution < 1.29 is 13.6 Å². The van der Waals surface area contributed by atoms with Gasteiger partial charge < -0.3 is 14.8 Å². The highest BCUT2D eigenvalue weighted by Crippen LogP contribution is 2.28. The first-order valence-corrected chi connectivity index (χ1v) is 10.3. The second-order valence-electron chi connectivity index (χ2n) is 7.96. The standard InChI is InChI=1S/C23H29F2N5O/c1-16-5-6-18(20-15-27-17(2)29(20)4)13-19(16)14-21(26-3)28-22(31)23(25)7-10-30(11-8-23)12-9-24/h5-6,13-15H,3,7-12H2,1-2,4H3,(H,28,31)/b21-14+. The van der Waals surface area contributed by atoms with Gasteiger partial charge in [0, 0.05) is 45.1 Å². The zero-order chi connectivity index (χ0) is 22.6. The number of benzene rings is 1. The summed E-state index contributed by atoms with van der Waals surface area (Å²) in [5.74, 6) is 0.357. The van der Waals surface area contributed by atoms with Crippen LogP contribution in [0.15, 0.2) is 35.2 Å². The van der Waals surface area contributed by atoms with E-state index in [9.17, 15) is 9.18 Å². The molecule has 0 radical (unpaired) electrons. The number of hydrogen-bond donors (Lipinski definition) is 1. The molecule has 1 fully saturated rings. The quantitative estimate of drug-likeness (QED) is 0.684. The molecule has 2 aromatic rings. The highest BCUT2D eigenvalue weighted by atomic mass is 19.1. The lowest BCUT2D eigenvalue weighted by atomic mass is 9.92. The van der Waals surface area contributed by atoms with Crippen LogP contribution in [-0.4, -0.2) is 59.1 Å². The molecule has 0 spiro atoms. The van der Waals surface area contributed by atoms with Crippen LogP contribution in [0.4, 0.5) is 8.78 Å². The maximum Gasteiger partial charge on any atom is 0.263 e. The molecule has 2 heterocycles. The number of carbonyl (C=O) groups excluding carboxylic acids is 1. The summed E-state index contributed by atoms with van der Waals surface area (Å²) in [5, 5.41) is 2.58. The van der Waals surface area contributed by atoms with Crippen LogP contribution in [0.2, 0.25) is 0 Å². The summed E-state index contributed by atoms with van der Waals surface area (Å²) in [5.41, 5.74) is 1.75. The zero-order valence-corrected chi connectivity index (χ0v) is 18.3. The number of halogens is 2. The number of imidazole rings is 1. The fourth-order valence-electron chi connectivity index (χ4n) is 3.70. The lowest BCUT2D eigenvalue weighted by Crippen LogP contribution is -2.51. The second kappa shape index (κ2) is 9.51. The molecule has 0 bridgehead atoms. The van der Waals surface area contributed by atoms with Crippen LogP contribution in [0.3, 0.4) is 0 Å². The number of rotatable bonds is 7. The summed E-state index contributed by atoms with van der Waals surface area (Å²) < 4.78 is 29.7. The summed E-state index contributed by atoms with van der Waals surface area (Å²) in [6.45, 7) is 7.89. The molecule has 1 aliphatic heterocycles. The SMILES string of the molecule is C=N/C(=C\c1cc(-c2cnc(C)n2C)ccc1C)NC(=O)C1(F)CCN(CCF)CC1. The zero-order valence-electron chi connectivity index (χ0n) is 18.3. The molecule has 0 aliphatic carbocycles. The normalized spacial score (nSPS) is 16.9. The third-order valence-corrected chi connectivity index (χ3v) is 5.96. The number of nitrogens with one attached hydrogen (secondary N) is 1. The van der Waals surface area contributed by atoms with Gasteiger partial charge in [-0.05, 0) is 43.8 Å². The number of alkyl halides is 2. The van der Waals surface area contributed by atoms with Crippen molar-refractivity contribution in [3.8, 4) is 11.3 Å². The van der Waals surface area contributed by atoms with Crippen LogP contribution in [0.1, 0.15) is 29.8 Å². The first-order chi connectivity index (χ1) is 14.8. The van der Waals surface area contributed by atoms with E-state index in [0.717, 1.165) is 28.2 Å². The molecule has 0 atom stereocenters. The number of aromatic nitrogens is 2.